The van der Waals surface area contributed by atoms with Gasteiger partial charge in [0, 0.05) is 32.4 Å². The largest absolute Gasteiger partial charge is 0.491 e. The minimum atomic E-state index is 0.530. The van der Waals surface area contributed by atoms with Gasteiger partial charge in [-0.2, -0.15) is 10.2 Å². The second kappa shape index (κ2) is 10.4. The van der Waals surface area contributed by atoms with Crippen molar-refractivity contribution >= 4 is 17.1 Å². The highest BCUT2D eigenvalue weighted by Gasteiger charge is 2.02. The molecule has 0 radical (unpaired) electrons. The van der Waals surface area contributed by atoms with Crippen molar-refractivity contribution in [3.63, 3.8) is 0 Å². The van der Waals surface area contributed by atoms with Crippen molar-refractivity contribution in [2.24, 2.45) is 16.0 Å². The molecule has 0 bridgehead atoms. The molecule has 2 aromatic carbocycles. The van der Waals surface area contributed by atoms with Crippen LogP contribution in [-0.2, 0) is 4.74 Å². The van der Waals surface area contributed by atoms with E-state index >= 15 is 0 Å². The molecule has 0 spiro atoms. The van der Waals surface area contributed by atoms with Gasteiger partial charge in [0.05, 0.1) is 18.0 Å². The maximum Gasteiger partial charge on any atom is 0.119 e. The van der Waals surface area contributed by atoms with Crippen LogP contribution in [0.25, 0.3) is 0 Å². The quantitative estimate of drug-likeness (QED) is 0.525. The van der Waals surface area contributed by atoms with E-state index in [1.54, 1.807) is 7.11 Å². The number of anilines is 1. The van der Waals surface area contributed by atoms with Crippen LogP contribution >= 0.6 is 0 Å². The molecule has 0 atom stereocenters. The first-order chi connectivity index (χ1) is 12.3. The van der Waals surface area contributed by atoms with E-state index in [1.807, 2.05) is 48.5 Å². The van der Waals surface area contributed by atoms with Gasteiger partial charge in [-0.3, -0.25) is 0 Å². The van der Waals surface area contributed by atoms with Crippen LogP contribution in [0.1, 0.15) is 6.92 Å². The minimum absolute atomic E-state index is 0.530. The fourth-order valence-electron chi connectivity index (χ4n) is 2.32. The first kappa shape index (κ1) is 18.9. The molecular formula is C19H26N4O2. The third-order valence-electron chi connectivity index (χ3n) is 3.67. The fourth-order valence-corrected chi connectivity index (χ4v) is 2.32. The molecule has 0 saturated carbocycles. The molecule has 6 heteroatoms. The first-order valence-electron chi connectivity index (χ1n) is 8.45. The molecule has 6 nitrogen and oxygen atoms in total. The highest BCUT2D eigenvalue weighted by Crippen LogP contribution is 2.23. The lowest BCUT2D eigenvalue weighted by molar-refractivity contribution is 0.146. The average Bonchev–Trinajstić information content (AvgIpc) is 2.66. The Balaban J connectivity index is 1.94. The molecule has 0 amide bonds. The number of nitrogens with zero attached hydrogens (tertiary/aromatic N) is 3. The van der Waals surface area contributed by atoms with Gasteiger partial charge < -0.3 is 20.1 Å². The van der Waals surface area contributed by atoms with Crippen molar-refractivity contribution in [2.75, 3.05) is 44.9 Å². The van der Waals surface area contributed by atoms with Crippen LogP contribution in [0.15, 0.2) is 58.8 Å². The Bertz CT molecular complexity index is 641. The molecule has 0 aliphatic heterocycles. The second-order valence-corrected chi connectivity index (χ2v) is 5.42. The van der Waals surface area contributed by atoms with E-state index in [1.165, 1.54) is 0 Å². The van der Waals surface area contributed by atoms with Crippen LogP contribution in [0.3, 0.4) is 0 Å². The van der Waals surface area contributed by atoms with Gasteiger partial charge in [0.15, 0.2) is 0 Å². The molecule has 0 unspecified atom stereocenters. The number of methoxy groups -OCH3 is 1. The number of rotatable bonds is 10. The summed E-state index contributed by atoms with van der Waals surface area (Å²) in [6, 6.07) is 15.5. The standard InChI is InChI=1S/C19H26N4O2/c1-3-23(13-12-20)18-8-4-16(5-9-18)21-22-17-6-10-19(11-7-17)25-15-14-24-2/h4-11H,3,12-15,20H2,1-2H3/b22-21+. The fraction of sp³-hybridized carbons (Fsp3) is 0.368. The Labute approximate surface area is 149 Å². The van der Waals surface area contributed by atoms with Crippen LogP contribution in [0.4, 0.5) is 17.1 Å². The Morgan fingerprint density at radius 1 is 0.920 bits per heavy atom. The van der Waals surface area contributed by atoms with E-state index in [-0.39, 0.29) is 0 Å². The minimum Gasteiger partial charge on any atom is -0.491 e. The number of likely N-dealkylation sites (N-methyl/N-ethyl adjacent to an activating group) is 1. The summed E-state index contributed by atoms with van der Waals surface area (Å²) in [7, 11) is 1.65. The van der Waals surface area contributed by atoms with Crippen molar-refractivity contribution in [1.82, 2.24) is 0 Å². The van der Waals surface area contributed by atoms with Crippen molar-refractivity contribution in [2.45, 2.75) is 6.92 Å². The summed E-state index contributed by atoms with van der Waals surface area (Å²) < 4.78 is 10.5. The molecule has 0 aromatic heterocycles. The van der Waals surface area contributed by atoms with Crippen LogP contribution in [0.2, 0.25) is 0 Å². The van der Waals surface area contributed by atoms with E-state index in [9.17, 15) is 0 Å². The number of hydrogen-bond donors (Lipinski definition) is 1. The molecule has 0 aliphatic rings. The molecular weight excluding hydrogens is 316 g/mol. The van der Waals surface area contributed by atoms with Gasteiger partial charge in [0.25, 0.3) is 0 Å². The first-order valence-corrected chi connectivity index (χ1v) is 8.45. The number of hydrogen-bond acceptors (Lipinski definition) is 6. The number of ether oxygens (including phenoxy) is 2. The molecule has 0 fully saturated rings. The van der Waals surface area contributed by atoms with Gasteiger partial charge in [-0.1, -0.05) is 0 Å². The van der Waals surface area contributed by atoms with Crippen molar-refractivity contribution in [3.05, 3.63) is 48.5 Å². The summed E-state index contributed by atoms with van der Waals surface area (Å²) in [6.45, 7) is 5.63. The van der Waals surface area contributed by atoms with Crippen LogP contribution < -0.4 is 15.4 Å². The Morgan fingerprint density at radius 3 is 2.04 bits per heavy atom. The van der Waals surface area contributed by atoms with Crippen LogP contribution in [0, 0.1) is 0 Å². The summed E-state index contributed by atoms with van der Waals surface area (Å²) in [5.41, 5.74) is 8.37. The van der Waals surface area contributed by atoms with Gasteiger partial charge >= 0.3 is 0 Å². The predicted molar refractivity (Wildman–Crippen MR) is 101 cm³/mol. The van der Waals surface area contributed by atoms with E-state index in [0.717, 1.165) is 35.9 Å². The maximum absolute atomic E-state index is 5.64. The van der Waals surface area contributed by atoms with Crippen LogP contribution in [0.5, 0.6) is 5.75 Å². The lowest BCUT2D eigenvalue weighted by Crippen LogP contribution is -2.28. The normalized spacial score (nSPS) is 11.0. The van der Waals surface area contributed by atoms with Gasteiger partial charge in [0.1, 0.15) is 12.4 Å². The molecule has 0 aliphatic carbocycles. The zero-order valence-corrected chi connectivity index (χ0v) is 14.9. The number of benzene rings is 2. The molecule has 2 rings (SSSR count). The summed E-state index contributed by atoms with van der Waals surface area (Å²) in [5, 5.41) is 8.53. The van der Waals surface area contributed by atoms with E-state index in [0.29, 0.717) is 19.8 Å². The topological polar surface area (TPSA) is 72.4 Å². The summed E-state index contributed by atoms with van der Waals surface area (Å²) in [4.78, 5) is 2.23. The van der Waals surface area contributed by atoms with E-state index in [4.69, 9.17) is 15.2 Å². The molecule has 2 N–H and O–H groups in total. The number of nitrogens with two attached hydrogens (primary N) is 1. The Morgan fingerprint density at radius 2 is 1.52 bits per heavy atom. The number of azo groups is 1. The SMILES string of the molecule is CCN(CCN)c1ccc(/N=N/c2ccc(OCCOC)cc2)cc1. The zero-order chi connectivity index (χ0) is 17.9. The average molecular weight is 342 g/mol. The van der Waals surface area contributed by atoms with Crippen molar-refractivity contribution < 1.29 is 9.47 Å². The molecule has 2 aromatic rings. The molecule has 25 heavy (non-hydrogen) atoms. The third kappa shape index (κ3) is 6.17. The molecule has 0 saturated heterocycles. The van der Waals surface area contributed by atoms with Gasteiger partial charge in [-0.15, -0.1) is 0 Å². The second-order valence-electron chi connectivity index (χ2n) is 5.42. The maximum atomic E-state index is 5.64. The van der Waals surface area contributed by atoms with Crippen molar-refractivity contribution in [3.8, 4) is 5.75 Å². The van der Waals surface area contributed by atoms with Gasteiger partial charge in [0.2, 0.25) is 0 Å². The van der Waals surface area contributed by atoms with E-state index < -0.39 is 0 Å². The lowest BCUT2D eigenvalue weighted by Gasteiger charge is -2.22. The third-order valence-corrected chi connectivity index (χ3v) is 3.67. The van der Waals surface area contributed by atoms with E-state index in [2.05, 4.69) is 22.1 Å². The Hall–Kier alpha value is -2.44. The lowest BCUT2D eigenvalue weighted by atomic mass is 10.2. The zero-order valence-electron chi connectivity index (χ0n) is 14.9. The smallest absolute Gasteiger partial charge is 0.119 e. The summed E-state index contributed by atoms with van der Waals surface area (Å²) in [6.07, 6.45) is 0. The monoisotopic (exact) mass is 342 g/mol. The predicted octanol–water partition coefficient (Wildman–Crippen LogP) is 3.91. The van der Waals surface area contributed by atoms with Crippen molar-refractivity contribution in [1.29, 1.82) is 0 Å². The van der Waals surface area contributed by atoms with Crippen LogP contribution in [-0.4, -0.2) is 40.0 Å². The molecule has 134 valence electrons. The summed E-state index contributed by atoms with van der Waals surface area (Å²) >= 11 is 0. The summed E-state index contributed by atoms with van der Waals surface area (Å²) in [5.74, 6) is 0.792. The molecule has 0 heterocycles. The highest BCUT2D eigenvalue weighted by atomic mass is 16.5. The van der Waals surface area contributed by atoms with Gasteiger partial charge in [-0.05, 0) is 55.5 Å². The highest BCUT2D eigenvalue weighted by molar-refractivity contribution is 5.53. The van der Waals surface area contributed by atoms with Gasteiger partial charge in [-0.25, -0.2) is 0 Å². The Kier molecular flexibility index (Phi) is 7.88.